The van der Waals surface area contributed by atoms with Gasteiger partial charge >= 0.3 is 5.69 Å². The Labute approximate surface area is 274 Å². The Hall–Kier alpha value is -3.80. The van der Waals surface area contributed by atoms with E-state index in [0.29, 0.717) is 29.1 Å². The molecule has 0 fully saturated rings. The number of carbonyl (C=O) groups excluding carboxylic acids is 1. The van der Waals surface area contributed by atoms with Gasteiger partial charge in [-0.3, -0.25) is 9.36 Å². The van der Waals surface area contributed by atoms with Crippen molar-refractivity contribution >= 4 is 33.2 Å². The van der Waals surface area contributed by atoms with Gasteiger partial charge in [0.1, 0.15) is 11.6 Å². The van der Waals surface area contributed by atoms with E-state index in [0.717, 1.165) is 31.2 Å². The number of sulfonamides is 1. The summed E-state index contributed by atoms with van der Waals surface area (Å²) in [5.74, 6) is -0.400. The second kappa shape index (κ2) is 14.3. The number of halogens is 2. The molecule has 0 atom stereocenters. The third-order valence-electron chi connectivity index (χ3n) is 7.19. The van der Waals surface area contributed by atoms with Gasteiger partial charge in [0.25, 0.3) is 0 Å². The van der Waals surface area contributed by atoms with E-state index in [2.05, 4.69) is 15.1 Å². The largest absolute Gasteiger partial charge is 0.351 e. The van der Waals surface area contributed by atoms with Crippen LogP contribution < -0.4 is 15.7 Å². The van der Waals surface area contributed by atoms with Gasteiger partial charge in [0.2, 0.25) is 15.9 Å². The first kappa shape index (κ1) is 35.1. The smallest absolute Gasteiger partial charge is 0.326 e. The normalized spacial score (nSPS) is 12.0. The van der Waals surface area contributed by atoms with Crippen LogP contribution in [0, 0.1) is 5.82 Å². The summed E-state index contributed by atoms with van der Waals surface area (Å²) in [6.45, 7) is 10.6. The van der Waals surface area contributed by atoms with E-state index in [1.165, 1.54) is 22.2 Å². The fourth-order valence-corrected chi connectivity index (χ4v) is 7.01. The lowest BCUT2D eigenvalue weighted by Crippen LogP contribution is -2.40. The molecular weight excluding hydrogens is 629 g/mol. The minimum Gasteiger partial charge on any atom is -0.326 e. The van der Waals surface area contributed by atoms with Crippen LogP contribution in [0.1, 0.15) is 77.8 Å². The highest BCUT2D eigenvalue weighted by Crippen LogP contribution is 2.31. The summed E-state index contributed by atoms with van der Waals surface area (Å²) >= 11 is 6.45. The first-order chi connectivity index (χ1) is 21.6. The highest BCUT2D eigenvalue weighted by Gasteiger charge is 2.26. The Bertz CT molecular complexity index is 1910. The van der Waals surface area contributed by atoms with Gasteiger partial charge in [-0.05, 0) is 81.1 Å². The Morgan fingerprint density at radius 2 is 1.74 bits per heavy atom. The van der Waals surface area contributed by atoms with Crippen LogP contribution in [-0.2, 0) is 34.2 Å². The van der Waals surface area contributed by atoms with Gasteiger partial charge in [0.05, 0.1) is 22.2 Å². The second-order valence-corrected chi connectivity index (χ2v) is 14.4. The molecule has 1 amide bonds. The Balaban J connectivity index is 1.78. The zero-order valence-electron chi connectivity index (χ0n) is 27.1. The molecule has 0 bridgehead atoms. The lowest BCUT2D eigenvalue weighted by Gasteiger charge is -2.22. The first-order valence-electron chi connectivity index (χ1n) is 15.4. The molecule has 0 saturated heterocycles. The molecule has 4 aromatic rings. The van der Waals surface area contributed by atoms with Gasteiger partial charge in [-0.25, -0.2) is 22.3 Å². The molecule has 0 radical (unpaired) electrons. The molecule has 4 rings (SSSR count). The van der Waals surface area contributed by atoms with Crippen LogP contribution in [0.25, 0.3) is 16.8 Å². The van der Waals surface area contributed by atoms with Crippen LogP contribution >= 0.6 is 11.6 Å². The van der Waals surface area contributed by atoms with E-state index in [1.807, 2.05) is 13.8 Å². The minimum absolute atomic E-state index is 0.0622. The monoisotopic (exact) mass is 669 g/mol. The maximum absolute atomic E-state index is 15.9. The van der Waals surface area contributed by atoms with Crippen LogP contribution in [0.3, 0.4) is 0 Å². The van der Waals surface area contributed by atoms with E-state index >= 15 is 4.39 Å². The maximum atomic E-state index is 15.9. The number of nitrogens with one attached hydrogen (secondary N) is 2. The van der Waals surface area contributed by atoms with Crippen LogP contribution in [-0.4, -0.2) is 34.2 Å². The quantitative estimate of drug-likeness (QED) is 0.171. The van der Waals surface area contributed by atoms with E-state index in [-0.39, 0.29) is 33.6 Å². The van der Waals surface area contributed by atoms with Crippen molar-refractivity contribution in [3.63, 3.8) is 0 Å². The summed E-state index contributed by atoms with van der Waals surface area (Å²) in [5.41, 5.74) is 1.50. The average Bonchev–Trinajstić information content (AvgIpc) is 3.26. The van der Waals surface area contributed by atoms with Gasteiger partial charge in [0, 0.05) is 35.7 Å². The maximum Gasteiger partial charge on any atom is 0.351 e. The number of aryl methyl sites for hydroxylation is 2. The number of anilines is 1. The number of carbonyl (C=O) groups is 1. The number of nitrogens with zero attached hydrogens (tertiary/aromatic N) is 3. The molecule has 1 heterocycles. The third kappa shape index (κ3) is 8.31. The summed E-state index contributed by atoms with van der Waals surface area (Å²) in [5, 5.41) is 7.50. The van der Waals surface area contributed by atoms with Gasteiger partial charge in [-0.2, -0.15) is 4.68 Å². The van der Waals surface area contributed by atoms with Gasteiger partial charge in [-0.15, -0.1) is 5.10 Å². The van der Waals surface area contributed by atoms with E-state index in [9.17, 15) is 18.0 Å². The summed E-state index contributed by atoms with van der Waals surface area (Å²) < 4.78 is 48.0. The van der Waals surface area contributed by atoms with Crippen molar-refractivity contribution in [2.45, 2.75) is 90.6 Å². The minimum atomic E-state index is -3.92. The summed E-state index contributed by atoms with van der Waals surface area (Å²) in [6, 6.07) is 14.5. The molecule has 0 aliphatic rings. The van der Waals surface area contributed by atoms with Crippen molar-refractivity contribution in [3.05, 3.63) is 92.9 Å². The Morgan fingerprint density at radius 1 is 1.00 bits per heavy atom. The number of unbranched alkanes of at least 4 members (excludes halogenated alkanes) is 1. The fourth-order valence-electron chi connectivity index (χ4n) is 5.18. The van der Waals surface area contributed by atoms with Crippen molar-refractivity contribution in [2.24, 2.45) is 0 Å². The molecule has 9 nitrogen and oxygen atoms in total. The molecule has 0 spiro atoms. The lowest BCUT2D eigenvalue weighted by atomic mass is 9.99. The zero-order valence-corrected chi connectivity index (χ0v) is 28.7. The molecule has 3 aromatic carbocycles. The molecule has 0 saturated carbocycles. The molecule has 46 heavy (non-hydrogen) atoms. The lowest BCUT2D eigenvalue weighted by molar-refractivity contribution is -0.114. The van der Waals surface area contributed by atoms with Crippen LogP contribution in [0.4, 0.5) is 10.1 Å². The number of aromatic nitrogens is 3. The molecule has 2 N–H and O–H groups in total. The predicted octanol–water partition coefficient (Wildman–Crippen LogP) is 6.87. The molecule has 0 aliphatic heterocycles. The Kier molecular flexibility index (Phi) is 10.9. The number of amides is 1. The Morgan fingerprint density at radius 3 is 2.37 bits per heavy atom. The molecule has 246 valence electrons. The van der Waals surface area contributed by atoms with Crippen molar-refractivity contribution < 1.29 is 17.6 Å². The van der Waals surface area contributed by atoms with Crippen molar-refractivity contribution in [1.82, 2.24) is 19.1 Å². The number of hydrogen-bond donors (Lipinski definition) is 2. The number of hydrogen-bond acceptors (Lipinski definition) is 5. The first-order valence-corrected chi connectivity index (χ1v) is 17.2. The molecule has 0 unspecified atom stereocenters. The van der Waals surface area contributed by atoms with Crippen molar-refractivity contribution in [3.8, 4) is 16.8 Å². The zero-order chi connectivity index (χ0) is 33.8. The van der Waals surface area contributed by atoms with E-state index in [4.69, 9.17) is 11.6 Å². The summed E-state index contributed by atoms with van der Waals surface area (Å²) in [6.07, 6.45) is 3.70. The van der Waals surface area contributed by atoms with Gasteiger partial charge in [0.15, 0.2) is 0 Å². The van der Waals surface area contributed by atoms with Crippen molar-refractivity contribution in [2.75, 3.05) is 5.32 Å². The molecule has 12 heteroatoms. The highest BCUT2D eigenvalue weighted by atomic mass is 35.5. The third-order valence-corrected chi connectivity index (χ3v) is 9.33. The van der Waals surface area contributed by atoms with E-state index in [1.54, 1.807) is 69.3 Å². The summed E-state index contributed by atoms with van der Waals surface area (Å²) in [7, 11) is -3.92. The topological polar surface area (TPSA) is 115 Å². The fraction of sp³-hybridized carbons (Fsp3) is 0.382. The van der Waals surface area contributed by atoms with Crippen LogP contribution in [0.15, 0.2) is 64.3 Å². The van der Waals surface area contributed by atoms with Crippen LogP contribution in [0.2, 0.25) is 5.02 Å². The number of benzene rings is 3. The van der Waals surface area contributed by atoms with Gasteiger partial charge < -0.3 is 5.32 Å². The van der Waals surface area contributed by atoms with Crippen LogP contribution in [0.5, 0.6) is 0 Å². The standard InChI is InChI=1S/C34H41ClFN5O4S/c1-7-9-11-32-38-41(30-20-26(37-22(3)42)15-16-28(30)35)33(43)40(32)21-25-14-13-24(19-29(25)36)27-18-23(10-8-2)12-17-31(27)46(44,45)39-34(4,5)6/h12-20,39H,7-11,21H2,1-6H3,(H,37,42). The average molecular weight is 670 g/mol. The molecule has 1 aromatic heterocycles. The SMILES string of the molecule is CCCCc1nn(-c2cc(NC(C)=O)ccc2Cl)c(=O)n1Cc1ccc(-c2cc(CCC)ccc2S(=O)(=O)NC(C)(C)C)cc1F. The van der Waals surface area contributed by atoms with Crippen molar-refractivity contribution in [1.29, 1.82) is 0 Å². The predicted molar refractivity (Wildman–Crippen MR) is 181 cm³/mol. The molecular formula is C34H41ClFN5O4S. The highest BCUT2D eigenvalue weighted by molar-refractivity contribution is 7.89. The van der Waals surface area contributed by atoms with Gasteiger partial charge in [-0.1, -0.05) is 56.5 Å². The number of rotatable bonds is 12. The van der Waals surface area contributed by atoms with E-state index < -0.39 is 27.1 Å². The molecule has 0 aliphatic carbocycles. The summed E-state index contributed by atoms with van der Waals surface area (Å²) in [4.78, 5) is 25.4. The second-order valence-electron chi connectivity index (χ2n) is 12.4.